The molecule has 0 aromatic heterocycles. The monoisotopic (exact) mass is 482 g/mol. The molecule has 4 N–H and O–H groups in total. The summed E-state index contributed by atoms with van der Waals surface area (Å²) >= 11 is 0. The van der Waals surface area contributed by atoms with Gasteiger partial charge in [0.25, 0.3) is 0 Å². The van der Waals surface area contributed by atoms with Gasteiger partial charge in [-0.1, -0.05) is 81.1 Å². The van der Waals surface area contributed by atoms with Gasteiger partial charge in [-0.25, -0.2) is 0 Å². The lowest BCUT2D eigenvalue weighted by atomic mass is 9.59. The van der Waals surface area contributed by atoms with Crippen LogP contribution in [0.4, 0.5) is 0 Å². The topological polar surface area (TPSA) is 80.9 Å². The van der Waals surface area contributed by atoms with E-state index >= 15 is 0 Å². The lowest BCUT2D eigenvalue weighted by Crippen LogP contribution is -2.36. The first-order chi connectivity index (χ1) is 17.4. The Morgan fingerprint density at radius 2 is 0.861 bits per heavy atom. The zero-order chi connectivity index (χ0) is 25.5. The number of phenols is 4. The highest BCUT2D eigenvalue weighted by atomic mass is 16.3. The van der Waals surface area contributed by atoms with E-state index in [1.165, 1.54) is 0 Å². The van der Waals surface area contributed by atoms with Crippen LogP contribution in [-0.4, -0.2) is 20.4 Å². The number of hydrogen-bond acceptors (Lipinski definition) is 4. The summed E-state index contributed by atoms with van der Waals surface area (Å²) < 4.78 is 0. The molecule has 0 fully saturated rings. The summed E-state index contributed by atoms with van der Waals surface area (Å²) in [6.07, 6.45) is 5.18. The third-order valence-corrected chi connectivity index (χ3v) is 7.14. The highest BCUT2D eigenvalue weighted by molar-refractivity contribution is 5.52. The van der Waals surface area contributed by atoms with E-state index in [9.17, 15) is 20.4 Å². The van der Waals surface area contributed by atoms with Crippen molar-refractivity contribution in [1.29, 1.82) is 0 Å². The predicted octanol–water partition coefficient (Wildman–Crippen LogP) is 7.60. The van der Waals surface area contributed by atoms with Crippen molar-refractivity contribution in [3.05, 3.63) is 119 Å². The van der Waals surface area contributed by atoms with Crippen LogP contribution < -0.4 is 0 Å². The maximum Gasteiger partial charge on any atom is 0.115 e. The van der Waals surface area contributed by atoms with Crippen LogP contribution >= 0.6 is 0 Å². The Bertz CT molecular complexity index is 1140. The minimum Gasteiger partial charge on any atom is -0.508 e. The number of unbranched alkanes of at least 4 members (excludes halogenated alkanes) is 3. The zero-order valence-corrected chi connectivity index (χ0v) is 20.6. The van der Waals surface area contributed by atoms with E-state index in [-0.39, 0.29) is 28.9 Å². The van der Waals surface area contributed by atoms with Gasteiger partial charge in [0.05, 0.1) is 0 Å². The van der Waals surface area contributed by atoms with E-state index in [0.29, 0.717) is 0 Å². The second-order valence-corrected chi connectivity index (χ2v) is 9.49. The van der Waals surface area contributed by atoms with Crippen molar-refractivity contribution >= 4 is 0 Å². The molecule has 4 rings (SSSR count). The third kappa shape index (κ3) is 5.33. The quantitative estimate of drug-likeness (QED) is 0.175. The molecule has 0 bridgehead atoms. The molecule has 186 valence electrons. The average Bonchev–Trinajstić information content (AvgIpc) is 2.89. The van der Waals surface area contributed by atoms with Crippen LogP contribution in [0.15, 0.2) is 97.1 Å². The first kappa shape index (κ1) is 25.2. The normalized spacial score (nSPS) is 11.6. The van der Waals surface area contributed by atoms with Crippen LogP contribution in [0.5, 0.6) is 23.0 Å². The number of phenolic OH excluding ortho intramolecular Hbond substituents is 4. The van der Waals surface area contributed by atoms with Crippen LogP contribution in [0.2, 0.25) is 0 Å². The van der Waals surface area contributed by atoms with Crippen molar-refractivity contribution < 1.29 is 20.4 Å². The summed E-state index contributed by atoms with van der Waals surface area (Å²) in [7, 11) is 0. The van der Waals surface area contributed by atoms with E-state index in [4.69, 9.17) is 0 Å². The minimum absolute atomic E-state index is 0.172. The van der Waals surface area contributed by atoms with Crippen molar-refractivity contribution in [2.75, 3.05) is 0 Å². The highest BCUT2D eigenvalue weighted by Gasteiger charge is 2.43. The minimum atomic E-state index is -0.552. The second kappa shape index (κ2) is 11.2. The molecular formula is C32H34O4. The van der Waals surface area contributed by atoms with Gasteiger partial charge in [0.15, 0.2) is 0 Å². The molecule has 0 amide bonds. The molecule has 36 heavy (non-hydrogen) atoms. The molecule has 0 unspecified atom stereocenters. The first-order valence-corrected chi connectivity index (χ1v) is 12.6. The summed E-state index contributed by atoms with van der Waals surface area (Å²) in [6, 6.07) is 29.5. The highest BCUT2D eigenvalue weighted by Crippen LogP contribution is 2.52. The van der Waals surface area contributed by atoms with Crippen LogP contribution in [0.25, 0.3) is 0 Å². The fourth-order valence-corrected chi connectivity index (χ4v) is 5.38. The molecule has 4 heteroatoms. The van der Waals surface area contributed by atoms with Gasteiger partial charge >= 0.3 is 0 Å². The second-order valence-electron chi connectivity index (χ2n) is 9.49. The predicted molar refractivity (Wildman–Crippen MR) is 144 cm³/mol. The molecular weight excluding hydrogens is 448 g/mol. The smallest absolute Gasteiger partial charge is 0.115 e. The molecule has 0 saturated carbocycles. The van der Waals surface area contributed by atoms with Crippen LogP contribution in [0.3, 0.4) is 0 Å². The Labute approximate surface area is 213 Å². The van der Waals surface area contributed by atoms with Gasteiger partial charge in [-0.15, -0.1) is 0 Å². The summed E-state index contributed by atoms with van der Waals surface area (Å²) in [5, 5.41) is 40.4. The van der Waals surface area contributed by atoms with E-state index in [1.54, 1.807) is 48.5 Å². The number of benzene rings is 4. The Balaban J connectivity index is 2.03. The van der Waals surface area contributed by atoms with E-state index in [2.05, 4.69) is 6.92 Å². The van der Waals surface area contributed by atoms with Crippen LogP contribution in [0, 0.1) is 0 Å². The molecule has 0 atom stereocenters. The number of aromatic hydroxyl groups is 4. The molecule has 0 radical (unpaired) electrons. The largest absolute Gasteiger partial charge is 0.508 e. The standard InChI is InChI=1S/C32H34O4/c1-2-3-4-5-22-32(25-10-18-29(35)19-11-25,26-12-20-30(36)21-13-26)31(23-6-14-27(33)15-7-23)24-8-16-28(34)17-9-24/h6-21,31,33-36H,2-5,22H2,1H3. The lowest BCUT2D eigenvalue weighted by molar-refractivity contribution is 0.393. The van der Waals surface area contributed by atoms with Crippen molar-refractivity contribution in [3.63, 3.8) is 0 Å². The zero-order valence-electron chi connectivity index (χ0n) is 20.6. The summed E-state index contributed by atoms with van der Waals surface area (Å²) in [5.74, 6) is 0.636. The lowest BCUT2D eigenvalue weighted by Gasteiger charge is -2.43. The Morgan fingerprint density at radius 3 is 1.22 bits per heavy atom. The van der Waals surface area contributed by atoms with Gasteiger partial charge < -0.3 is 20.4 Å². The molecule has 0 aliphatic carbocycles. The molecule has 4 nitrogen and oxygen atoms in total. The fraction of sp³-hybridized carbons (Fsp3) is 0.250. The van der Waals surface area contributed by atoms with Gasteiger partial charge in [-0.3, -0.25) is 0 Å². The van der Waals surface area contributed by atoms with Crippen molar-refractivity contribution in [3.8, 4) is 23.0 Å². The molecule has 0 aliphatic rings. The van der Waals surface area contributed by atoms with Gasteiger partial charge in [0, 0.05) is 11.3 Å². The summed E-state index contributed by atoms with van der Waals surface area (Å²) in [6.45, 7) is 2.20. The van der Waals surface area contributed by atoms with Gasteiger partial charge in [0.2, 0.25) is 0 Å². The molecule has 4 aromatic rings. The Morgan fingerprint density at radius 1 is 0.500 bits per heavy atom. The molecule has 4 aromatic carbocycles. The Kier molecular flexibility index (Phi) is 7.84. The van der Waals surface area contributed by atoms with Gasteiger partial charge in [-0.05, 0) is 77.2 Å². The third-order valence-electron chi connectivity index (χ3n) is 7.14. The van der Waals surface area contributed by atoms with E-state index in [0.717, 1.165) is 54.4 Å². The van der Waals surface area contributed by atoms with Gasteiger partial charge in [-0.2, -0.15) is 0 Å². The molecule has 0 heterocycles. The molecule has 0 aliphatic heterocycles. The number of rotatable bonds is 10. The maximum absolute atomic E-state index is 10.1. The average molecular weight is 483 g/mol. The summed E-state index contributed by atoms with van der Waals surface area (Å²) in [4.78, 5) is 0. The fourth-order valence-electron chi connectivity index (χ4n) is 5.38. The van der Waals surface area contributed by atoms with E-state index < -0.39 is 5.41 Å². The van der Waals surface area contributed by atoms with Crippen molar-refractivity contribution in [2.45, 2.75) is 50.4 Å². The van der Waals surface area contributed by atoms with Crippen LogP contribution in [0.1, 0.15) is 67.2 Å². The van der Waals surface area contributed by atoms with Gasteiger partial charge in [0.1, 0.15) is 23.0 Å². The summed E-state index contributed by atoms with van der Waals surface area (Å²) in [5.41, 5.74) is 3.59. The Hall–Kier alpha value is -3.92. The van der Waals surface area contributed by atoms with Crippen molar-refractivity contribution in [2.24, 2.45) is 0 Å². The van der Waals surface area contributed by atoms with Crippen molar-refractivity contribution in [1.82, 2.24) is 0 Å². The molecule has 0 saturated heterocycles. The van der Waals surface area contributed by atoms with Crippen LogP contribution in [-0.2, 0) is 5.41 Å². The first-order valence-electron chi connectivity index (χ1n) is 12.6. The SMILES string of the molecule is CCCCCCC(c1ccc(O)cc1)(c1ccc(O)cc1)C(c1ccc(O)cc1)c1ccc(O)cc1. The molecule has 0 spiro atoms. The number of hydrogen-bond donors (Lipinski definition) is 4. The van der Waals surface area contributed by atoms with E-state index in [1.807, 2.05) is 48.5 Å². The maximum atomic E-state index is 10.1.